The highest BCUT2D eigenvalue weighted by Gasteiger charge is 2.40. The molecule has 1 saturated carbocycles. The van der Waals surface area contributed by atoms with Crippen LogP contribution in [-0.2, 0) is 4.79 Å². The van der Waals surface area contributed by atoms with Crippen LogP contribution in [0.4, 0.5) is 10.5 Å². The summed E-state index contributed by atoms with van der Waals surface area (Å²) in [4.78, 5) is 25.9. The maximum atomic E-state index is 12.3. The summed E-state index contributed by atoms with van der Waals surface area (Å²) in [7, 11) is 0. The predicted octanol–water partition coefficient (Wildman–Crippen LogP) is 2.74. The molecule has 2 unspecified atom stereocenters. The lowest BCUT2D eigenvalue weighted by Gasteiger charge is -2.20. The highest BCUT2D eigenvalue weighted by Crippen LogP contribution is 2.26. The maximum absolute atomic E-state index is 12.3. The summed E-state index contributed by atoms with van der Waals surface area (Å²) in [5.74, 6) is -0.497. The average molecular weight is 328 g/mol. The van der Waals surface area contributed by atoms with Crippen LogP contribution in [0.2, 0.25) is 0 Å². The lowest BCUT2D eigenvalue weighted by molar-refractivity contribution is -0.119. The predicted molar refractivity (Wildman–Crippen MR) is 92.2 cm³/mol. The van der Waals surface area contributed by atoms with Crippen LogP contribution in [0, 0.1) is 17.2 Å². The van der Waals surface area contributed by atoms with Gasteiger partial charge in [0.05, 0.1) is 12.0 Å². The summed E-state index contributed by atoms with van der Waals surface area (Å²) in [6, 6.07) is 10.8. The molecule has 24 heavy (non-hydrogen) atoms. The fourth-order valence-corrected chi connectivity index (χ4v) is 2.62. The van der Waals surface area contributed by atoms with Crippen molar-refractivity contribution in [3.63, 3.8) is 0 Å². The second kappa shape index (κ2) is 8.34. The molecule has 1 aliphatic heterocycles. The first kappa shape index (κ1) is 17.8. The minimum absolute atomic E-state index is 0.145. The van der Waals surface area contributed by atoms with Crippen molar-refractivity contribution in [3.8, 4) is 6.07 Å². The van der Waals surface area contributed by atoms with Gasteiger partial charge in [-0.05, 0) is 31.4 Å². The van der Waals surface area contributed by atoms with Crippen LogP contribution >= 0.6 is 0 Å². The second-order valence-electron chi connectivity index (χ2n) is 5.81. The van der Waals surface area contributed by atoms with Gasteiger partial charge in [-0.25, -0.2) is 4.79 Å². The Labute approximate surface area is 142 Å². The van der Waals surface area contributed by atoms with Crippen molar-refractivity contribution in [2.45, 2.75) is 45.2 Å². The molecule has 6 nitrogen and oxygen atoms in total. The number of likely N-dealkylation sites (tertiary alicyclic amines) is 1. The van der Waals surface area contributed by atoms with Gasteiger partial charge in [0.1, 0.15) is 6.04 Å². The van der Waals surface area contributed by atoms with Crippen LogP contribution in [-0.4, -0.2) is 35.5 Å². The van der Waals surface area contributed by atoms with Gasteiger partial charge < -0.3 is 15.5 Å². The van der Waals surface area contributed by atoms with E-state index in [4.69, 9.17) is 0 Å². The van der Waals surface area contributed by atoms with Crippen LogP contribution < -0.4 is 10.6 Å². The van der Waals surface area contributed by atoms with E-state index < -0.39 is 6.04 Å². The number of nitriles is 1. The molecular weight excluding hydrogens is 304 g/mol. The Morgan fingerprint density at radius 3 is 2.46 bits per heavy atom. The number of hydrogen-bond donors (Lipinski definition) is 2. The second-order valence-corrected chi connectivity index (χ2v) is 5.81. The van der Waals surface area contributed by atoms with Crippen molar-refractivity contribution >= 4 is 17.6 Å². The molecule has 1 aromatic carbocycles. The maximum Gasteiger partial charge on any atom is 0.318 e. The largest absolute Gasteiger partial charge is 0.335 e. The van der Waals surface area contributed by atoms with Gasteiger partial charge in [0.2, 0.25) is 5.91 Å². The number of benzene rings is 1. The molecule has 128 valence electrons. The van der Waals surface area contributed by atoms with Crippen molar-refractivity contribution < 1.29 is 9.59 Å². The molecule has 1 heterocycles. The number of anilines is 1. The summed E-state index contributed by atoms with van der Waals surface area (Å²) < 4.78 is 0. The van der Waals surface area contributed by atoms with Gasteiger partial charge in [-0.15, -0.1) is 0 Å². The number of carbonyl (C=O) groups is 2. The zero-order valence-electron chi connectivity index (χ0n) is 14.2. The van der Waals surface area contributed by atoms with Crippen molar-refractivity contribution in [3.05, 3.63) is 30.3 Å². The van der Waals surface area contributed by atoms with E-state index in [2.05, 4.69) is 16.7 Å². The number of nitrogens with one attached hydrogen (secondary N) is 2. The molecule has 0 radical (unpaired) electrons. The number of urea groups is 1. The van der Waals surface area contributed by atoms with Gasteiger partial charge >= 0.3 is 6.03 Å². The van der Waals surface area contributed by atoms with Gasteiger partial charge in [0, 0.05) is 18.3 Å². The Kier molecular flexibility index (Phi) is 6.19. The Morgan fingerprint density at radius 2 is 1.88 bits per heavy atom. The molecule has 0 aromatic heterocycles. The molecule has 1 aliphatic carbocycles. The van der Waals surface area contributed by atoms with Crippen LogP contribution in [0.15, 0.2) is 30.3 Å². The van der Waals surface area contributed by atoms with E-state index in [-0.39, 0.29) is 30.4 Å². The molecule has 2 fully saturated rings. The summed E-state index contributed by atoms with van der Waals surface area (Å²) in [5, 5.41) is 14.9. The van der Waals surface area contributed by atoms with Gasteiger partial charge in [0.25, 0.3) is 0 Å². The summed E-state index contributed by atoms with van der Waals surface area (Å²) in [6.07, 6.45) is 2.37. The van der Waals surface area contributed by atoms with Crippen LogP contribution in [0.3, 0.4) is 0 Å². The highest BCUT2D eigenvalue weighted by molar-refractivity contribution is 5.93. The lowest BCUT2D eigenvalue weighted by Crippen LogP contribution is -2.43. The first-order valence-corrected chi connectivity index (χ1v) is 8.50. The minimum atomic E-state index is -0.537. The third kappa shape index (κ3) is 4.48. The van der Waals surface area contributed by atoms with Gasteiger partial charge in [-0.3, -0.25) is 4.79 Å². The molecule has 6 heteroatoms. The molecule has 2 N–H and O–H groups in total. The molecule has 3 rings (SSSR count). The summed E-state index contributed by atoms with van der Waals surface area (Å²) >= 11 is 0. The number of carbonyl (C=O) groups excluding carboxylic acids is 2. The highest BCUT2D eigenvalue weighted by atomic mass is 16.2. The molecule has 2 aliphatic rings. The quantitative estimate of drug-likeness (QED) is 0.894. The van der Waals surface area contributed by atoms with Crippen molar-refractivity contribution in [2.75, 3.05) is 11.9 Å². The van der Waals surface area contributed by atoms with E-state index >= 15 is 0 Å². The Bertz CT molecular complexity index is 607. The number of para-hydroxylation sites is 1. The molecule has 1 aromatic rings. The van der Waals surface area contributed by atoms with E-state index in [9.17, 15) is 14.9 Å². The smallest absolute Gasteiger partial charge is 0.318 e. The number of amides is 3. The van der Waals surface area contributed by atoms with E-state index in [0.29, 0.717) is 6.42 Å². The monoisotopic (exact) mass is 328 g/mol. The Hall–Kier alpha value is -2.55. The standard InChI is InChI=1S/C16H18N4O2.C2H6/c17-9-14-8-11(10-20(14)16(22)19-13-6-7-13)15(21)18-12-4-2-1-3-5-12;1-2/h1-5,11,13-14H,6-8,10H2,(H,18,21)(H,19,22);1-2H3. The normalized spacial score (nSPS) is 22.0. The zero-order chi connectivity index (χ0) is 17.5. The number of rotatable bonds is 3. The van der Waals surface area contributed by atoms with Gasteiger partial charge in [-0.2, -0.15) is 5.26 Å². The van der Waals surface area contributed by atoms with E-state index in [0.717, 1.165) is 18.5 Å². The van der Waals surface area contributed by atoms with E-state index in [1.807, 2.05) is 44.2 Å². The molecule has 0 bridgehead atoms. The van der Waals surface area contributed by atoms with Crippen molar-refractivity contribution in [1.82, 2.24) is 10.2 Å². The fraction of sp³-hybridized carbons (Fsp3) is 0.500. The van der Waals surface area contributed by atoms with Crippen molar-refractivity contribution in [1.29, 1.82) is 5.26 Å². The molecule has 3 amide bonds. The van der Waals surface area contributed by atoms with Crippen molar-refractivity contribution in [2.24, 2.45) is 5.92 Å². The first-order chi connectivity index (χ1) is 11.7. The average Bonchev–Trinajstić information content (AvgIpc) is 3.31. The van der Waals surface area contributed by atoms with Gasteiger partial charge in [0.15, 0.2) is 0 Å². The molecule has 0 spiro atoms. The van der Waals surface area contributed by atoms with E-state index in [1.54, 1.807) is 0 Å². The van der Waals surface area contributed by atoms with Crippen LogP contribution in [0.1, 0.15) is 33.1 Å². The molecular formula is C18H24N4O2. The fourth-order valence-electron chi connectivity index (χ4n) is 2.62. The number of nitrogens with zero attached hydrogens (tertiary/aromatic N) is 2. The Balaban J connectivity index is 0.00000100. The molecule has 2 atom stereocenters. The Morgan fingerprint density at radius 1 is 1.21 bits per heavy atom. The number of hydrogen-bond acceptors (Lipinski definition) is 3. The third-order valence-corrected chi connectivity index (χ3v) is 4.03. The first-order valence-electron chi connectivity index (χ1n) is 8.50. The van der Waals surface area contributed by atoms with Crippen LogP contribution in [0.25, 0.3) is 0 Å². The molecule has 1 saturated heterocycles. The summed E-state index contributed by atoms with van der Waals surface area (Å²) in [5.41, 5.74) is 0.724. The van der Waals surface area contributed by atoms with Gasteiger partial charge in [-0.1, -0.05) is 32.0 Å². The lowest BCUT2D eigenvalue weighted by atomic mass is 10.1. The zero-order valence-corrected chi connectivity index (χ0v) is 14.2. The summed E-state index contributed by atoms with van der Waals surface area (Å²) in [6.45, 7) is 4.29. The minimum Gasteiger partial charge on any atom is -0.335 e. The topological polar surface area (TPSA) is 85.2 Å². The third-order valence-electron chi connectivity index (χ3n) is 4.03. The van der Waals surface area contributed by atoms with Crippen LogP contribution in [0.5, 0.6) is 0 Å². The van der Waals surface area contributed by atoms with E-state index in [1.165, 1.54) is 4.90 Å². The SMILES string of the molecule is CC.N#CC1CC(C(=O)Nc2ccccc2)CN1C(=O)NC1CC1.